The van der Waals surface area contributed by atoms with Gasteiger partial charge in [-0.15, -0.1) is 11.3 Å². The van der Waals surface area contributed by atoms with E-state index in [0.29, 0.717) is 25.2 Å². The summed E-state index contributed by atoms with van der Waals surface area (Å²) in [6.45, 7) is 5.80. The number of nitrogens with two attached hydrogens (primary N) is 1. The number of rotatable bonds is 2. The lowest BCUT2D eigenvalue weighted by Gasteiger charge is -2.25. The fourth-order valence-electron chi connectivity index (χ4n) is 3.13. The minimum Gasteiger partial charge on any atom is -0.463 e. The van der Waals surface area contributed by atoms with Crippen molar-refractivity contribution in [1.82, 2.24) is 9.88 Å². The van der Waals surface area contributed by atoms with Crippen LogP contribution in [0.25, 0.3) is 11.0 Å². The molecule has 124 valence electrons. The average Bonchev–Trinajstić information content (AvgIpc) is 3.17. The summed E-state index contributed by atoms with van der Waals surface area (Å²) in [7, 11) is 0. The van der Waals surface area contributed by atoms with Crippen molar-refractivity contribution < 1.29 is 9.21 Å². The molecule has 0 spiro atoms. The Morgan fingerprint density at radius 3 is 2.96 bits per heavy atom. The van der Waals surface area contributed by atoms with Crippen LogP contribution < -0.4 is 5.73 Å². The smallest absolute Gasteiger partial charge is 0.258 e. The Balaban J connectivity index is 1.66. The molecule has 1 amide bonds. The van der Waals surface area contributed by atoms with Crippen LogP contribution in [0.1, 0.15) is 37.1 Å². The zero-order valence-electron chi connectivity index (χ0n) is 13.8. The molecule has 24 heavy (non-hydrogen) atoms. The van der Waals surface area contributed by atoms with Crippen LogP contribution in [0.3, 0.4) is 0 Å². The summed E-state index contributed by atoms with van der Waals surface area (Å²) in [6.07, 6.45) is 2.42. The second-order valence-corrected chi connectivity index (χ2v) is 7.41. The number of carbonyl (C=O) groups is 1. The minimum atomic E-state index is 0.00458. The molecule has 1 aliphatic heterocycles. The molecule has 2 N–H and O–H groups in total. The Labute approximate surface area is 144 Å². The second kappa shape index (κ2) is 5.72. The molecule has 0 saturated heterocycles. The van der Waals surface area contributed by atoms with Crippen LogP contribution in [-0.2, 0) is 19.5 Å². The number of hydrogen-bond donors (Lipinski definition) is 1. The van der Waals surface area contributed by atoms with Gasteiger partial charge in [-0.1, -0.05) is 0 Å². The lowest BCUT2D eigenvalue weighted by molar-refractivity contribution is 0.0734. The van der Waals surface area contributed by atoms with Crippen LogP contribution in [0.5, 0.6) is 0 Å². The van der Waals surface area contributed by atoms with Gasteiger partial charge in [-0.25, -0.2) is 4.98 Å². The van der Waals surface area contributed by atoms with Crippen molar-refractivity contribution in [3.8, 4) is 0 Å². The van der Waals surface area contributed by atoms with Crippen LogP contribution >= 0.6 is 11.3 Å². The molecule has 1 aliphatic rings. The maximum atomic E-state index is 13.0. The third kappa shape index (κ3) is 2.42. The molecule has 0 saturated carbocycles. The van der Waals surface area contributed by atoms with E-state index < -0.39 is 0 Å². The largest absolute Gasteiger partial charge is 0.463 e. The van der Waals surface area contributed by atoms with Gasteiger partial charge in [0.25, 0.3) is 5.91 Å². The predicted octanol–water partition coefficient (Wildman–Crippen LogP) is 3.16. The van der Waals surface area contributed by atoms with E-state index in [2.05, 4.69) is 4.98 Å². The second-order valence-electron chi connectivity index (χ2n) is 6.24. The first-order chi connectivity index (χ1) is 11.6. The number of aromatic nitrogens is 1. The molecular weight excluding hydrogens is 322 g/mol. The zero-order valence-corrected chi connectivity index (χ0v) is 14.6. The molecular formula is C18H19N3O2S. The quantitative estimate of drug-likeness (QED) is 0.777. The summed E-state index contributed by atoms with van der Waals surface area (Å²) in [5.74, 6) is 0.00458. The van der Waals surface area contributed by atoms with Crippen molar-refractivity contribution >= 4 is 28.2 Å². The number of fused-ring (bicyclic) bond motifs is 2. The SMILES string of the molecule is Cc1cc2occ(C(=O)N3CCc4sc(CN)nc4C3)c2cc1C. The van der Waals surface area contributed by atoms with Crippen molar-refractivity contribution in [1.29, 1.82) is 0 Å². The highest BCUT2D eigenvalue weighted by atomic mass is 32.1. The van der Waals surface area contributed by atoms with Crippen LogP contribution in [0.2, 0.25) is 0 Å². The number of thiazole rings is 1. The van der Waals surface area contributed by atoms with Gasteiger partial charge in [-0.3, -0.25) is 4.79 Å². The van der Waals surface area contributed by atoms with E-state index in [1.165, 1.54) is 4.88 Å². The van der Waals surface area contributed by atoms with Crippen LogP contribution in [0.15, 0.2) is 22.8 Å². The molecule has 3 heterocycles. The fraction of sp³-hybridized carbons (Fsp3) is 0.333. The standard InChI is InChI=1S/C18H19N3O2S/c1-10-5-12-13(9-23-15(12)6-11(10)2)18(22)21-4-3-16-14(8-21)20-17(7-19)24-16/h5-6,9H,3-4,7-8,19H2,1-2H3. The van der Waals surface area contributed by atoms with Crippen molar-refractivity contribution in [2.45, 2.75) is 33.4 Å². The van der Waals surface area contributed by atoms with Gasteiger partial charge < -0.3 is 15.1 Å². The van der Waals surface area contributed by atoms with Crippen LogP contribution in [-0.4, -0.2) is 22.3 Å². The molecule has 1 aromatic carbocycles. The molecule has 4 rings (SSSR count). The van der Waals surface area contributed by atoms with Crippen LogP contribution in [0, 0.1) is 13.8 Å². The number of hydrogen-bond acceptors (Lipinski definition) is 5. The molecule has 0 bridgehead atoms. The molecule has 2 aromatic heterocycles. The van der Waals surface area contributed by atoms with Gasteiger partial charge >= 0.3 is 0 Å². The summed E-state index contributed by atoms with van der Waals surface area (Å²) >= 11 is 1.66. The average molecular weight is 341 g/mol. The predicted molar refractivity (Wildman–Crippen MR) is 94.1 cm³/mol. The summed E-state index contributed by atoms with van der Waals surface area (Å²) < 4.78 is 5.61. The van der Waals surface area contributed by atoms with Gasteiger partial charge in [0, 0.05) is 29.8 Å². The zero-order chi connectivity index (χ0) is 16.8. The van der Waals surface area contributed by atoms with Gasteiger partial charge in [0.15, 0.2) is 0 Å². The number of benzene rings is 1. The number of amides is 1. The van der Waals surface area contributed by atoms with E-state index in [1.807, 2.05) is 30.9 Å². The summed E-state index contributed by atoms with van der Waals surface area (Å²) in [6, 6.07) is 4.02. The fourth-order valence-corrected chi connectivity index (χ4v) is 4.08. The Kier molecular flexibility index (Phi) is 3.66. The Morgan fingerprint density at radius 1 is 1.38 bits per heavy atom. The molecule has 3 aromatic rings. The molecule has 0 atom stereocenters. The lowest BCUT2D eigenvalue weighted by Crippen LogP contribution is -2.35. The topological polar surface area (TPSA) is 72.4 Å². The highest BCUT2D eigenvalue weighted by Crippen LogP contribution is 2.29. The van der Waals surface area contributed by atoms with Gasteiger partial charge in [0.1, 0.15) is 16.9 Å². The van der Waals surface area contributed by atoms with Crippen molar-refractivity contribution in [3.05, 3.63) is 50.7 Å². The summed E-state index contributed by atoms with van der Waals surface area (Å²) in [5, 5.41) is 1.82. The Morgan fingerprint density at radius 2 is 2.17 bits per heavy atom. The molecule has 0 fully saturated rings. The third-order valence-corrected chi connectivity index (χ3v) is 5.83. The molecule has 6 heteroatoms. The lowest BCUT2D eigenvalue weighted by atomic mass is 10.0. The minimum absolute atomic E-state index is 0.00458. The van der Waals surface area contributed by atoms with Crippen molar-refractivity contribution in [2.75, 3.05) is 6.54 Å². The number of aryl methyl sites for hydroxylation is 2. The molecule has 0 aliphatic carbocycles. The first-order valence-electron chi connectivity index (χ1n) is 8.02. The number of furan rings is 1. The van der Waals surface area contributed by atoms with E-state index in [9.17, 15) is 4.79 Å². The van der Waals surface area contributed by atoms with E-state index in [1.54, 1.807) is 17.6 Å². The van der Waals surface area contributed by atoms with Crippen molar-refractivity contribution in [2.24, 2.45) is 5.73 Å². The first kappa shape index (κ1) is 15.4. The van der Waals surface area contributed by atoms with Gasteiger partial charge in [-0.2, -0.15) is 0 Å². The van der Waals surface area contributed by atoms with E-state index in [0.717, 1.165) is 39.2 Å². The highest BCUT2D eigenvalue weighted by Gasteiger charge is 2.26. The van der Waals surface area contributed by atoms with E-state index >= 15 is 0 Å². The molecule has 5 nitrogen and oxygen atoms in total. The third-order valence-electron chi connectivity index (χ3n) is 4.65. The van der Waals surface area contributed by atoms with E-state index in [4.69, 9.17) is 10.2 Å². The van der Waals surface area contributed by atoms with Gasteiger partial charge in [0.05, 0.1) is 17.8 Å². The number of carbonyl (C=O) groups excluding carboxylic acids is 1. The number of nitrogens with zero attached hydrogens (tertiary/aromatic N) is 2. The maximum absolute atomic E-state index is 13.0. The summed E-state index contributed by atoms with van der Waals surface area (Å²) in [4.78, 5) is 20.6. The van der Waals surface area contributed by atoms with E-state index in [-0.39, 0.29) is 5.91 Å². The van der Waals surface area contributed by atoms with Gasteiger partial charge in [0.2, 0.25) is 0 Å². The Hall–Kier alpha value is -2.18. The first-order valence-corrected chi connectivity index (χ1v) is 8.83. The highest BCUT2D eigenvalue weighted by molar-refractivity contribution is 7.11. The van der Waals surface area contributed by atoms with Crippen molar-refractivity contribution in [3.63, 3.8) is 0 Å². The Bertz CT molecular complexity index is 941. The molecule has 0 unspecified atom stereocenters. The monoisotopic (exact) mass is 341 g/mol. The van der Waals surface area contributed by atoms with Gasteiger partial charge in [-0.05, 0) is 37.1 Å². The van der Waals surface area contributed by atoms with Crippen LogP contribution in [0.4, 0.5) is 0 Å². The summed E-state index contributed by atoms with van der Waals surface area (Å²) in [5.41, 5.74) is 10.4. The molecule has 0 radical (unpaired) electrons. The maximum Gasteiger partial charge on any atom is 0.258 e. The normalized spacial score (nSPS) is 14.2.